The molecule has 0 N–H and O–H groups in total. The molecule has 3 aromatic rings. The summed E-state index contributed by atoms with van der Waals surface area (Å²) in [6.07, 6.45) is 7.04. The van der Waals surface area contributed by atoms with Crippen molar-refractivity contribution in [3.05, 3.63) is 71.8 Å². The van der Waals surface area contributed by atoms with Crippen molar-refractivity contribution in [2.45, 2.75) is 57.5 Å². The second kappa shape index (κ2) is 10.3. The van der Waals surface area contributed by atoms with Crippen molar-refractivity contribution in [2.24, 2.45) is 0 Å². The summed E-state index contributed by atoms with van der Waals surface area (Å²) in [5.74, 6) is 0.800. The number of carbonyl (C=O) groups excluding carboxylic acids is 2. The normalized spacial score (nSPS) is 18.7. The third kappa shape index (κ3) is 5.50. The number of hydrogen-bond donors (Lipinski definition) is 0. The fraction of sp³-hybridized carbons (Fsp3) is 0.464. The van der Waals surface area contributed by atoms with Crippen LogP contribution >= 0.6 is 0 Å². The molecular formula is C28H34N6O3. The number of carbonyl (C=O) groups is 2. The maximum atomic E-state index is 13.8. The first-order valence-electron chi connectivity index (χ1n) is 13.0. The van der Waals surface area contributed by atoms with E-state index in [2.05, 4.69) is 27.2 Å². The van der Waals surface area contributed by atoms with Gasteiger partial charge in [0.1, 0.15) is 5.60 Å². The molecule has 5 rings (SSSR count). The van der Waals surface area contributed by atoms with E-state index in [1.54, 1.807) is 34.2 Å². The molecule has 2 amide bonds. The minimum atomic E-state index is -0.538. The van der Waals surface area contributed by atoms with Gasteiger partial charge in [-0.2, -0.15) is 5.10 Å². The van der Waals surface area contributed by atoms with Crippen LogP contribution in [0.3, 0.4) is 0 Å². The van der Waals surface area contributed by atoms with Gasteiger partial charge in [0.15, 0.2) is 0 Å². The van der Waals surface area contributed by atoms with Gasteiger partial charge in [0, 0.05) is 50.4 Å². The van der Waals surface area contributed by atoms with Gasteiger partial charge in [-0.3, -0.25) is 4.79 Å². The molecule has 9 nitrogen and oxygen atoms in total. The maximum Gasteiger partial charge on any atom is 0.410 e. The molecule has 0 spiro atoms. The van der Waals surface area contributed by atoms with E-state index >= 15 is 0 Å². The zero-order valence-corrected chi connectivity index (χ0v) is 21.7. The van der Waals surface area contributed by atoms with Gasteiger partial charge in [-0.1, -0.05) is 30.3 Å². The summed E-state index contributed by atoms with van der Waals surface area (Å²) >= 11 is 0. The quantitative estimate of drug-likeness (QED) is 0.525. The third-order valence-corrected chi connectivity index (χ3v) is 7.06. The highest BCUT2D eigenvalue weighted by Gasteiger charge is 2.35. The van der Waals surface area contributed by atoms with Crippen LogP contribution in [0.1, 0.15) is 73.5 Å². The number of piperidine rings is 1. The van der Waals surface area contributed by atoms with Gasteiger partial charge in [-0.05, 0) is 51.7 Å². The van der Waals surface area contributed by atoms with Crippen LogP contribution in [0.15, 0.2) is 55.0 Å². The van der Waals surface area contributed by atoms with Gasteiger partial charge in [0.25, 0.3) is 11.9 Å². The molecule has 0 aliphatic carbocycles. The number of nitrogens with zero attached hydrogens (tertiary/aromatic N) is 6. The van der Waals surface area contributed by atoms with Crippen molar-refractivity contribution in [3.8, 4) is 5.95 Å². The number of rotatable bonds is 4. The predicted octanol–water partition coefficient (Wildman–Crippen LogP) is 4.41. The van der Waals surface area contributed by atoms with Gasteiger partial charge < -0.3 is 14.5 Å². The van der Waals surface area contributed by atoms with E-state index in [1.165, 1.54) is 5.56 Å². The maximum absolute atomic E-state index is 13.8. The van der Waals surface area contributed by atoms with E-state index in [-0.39, 0.29) is 17.9 Å². The minimum absolute atomic E-state index is 0.00909. The fourth-order valence-corrected chi connectivity index (χ4v) is 5.25. The molecule has 2 aliphatic rings. The molecule has 1 aromatic carbocycles. The Kier molecular flexibility index (Phi) is 6.95. The summed E-state index contributed by atoms with van der Waals surface area (Å²) in [5.41, 5.74) is 2.14. The number of likely N-dealkylation sites (tertiary alicyclic amines) is 2. The molecule has 2 fully saturated rings. The lowest BCUT2D eigenvalue weighted by molar-refractivity contribution is 0.0203. The van der Waals surface area contributed by atoms with Crippen molar-refractivity contribution in [2.75, 3.05) is 26.2 Å². The Balaban J connectivity index is 1.38. The molecule has 194 valence electrons. The van der Waals surface area contributed by atoms with Gasteiger partial charge >= 0.3 is 6.09 Å². The molecule has 9 heteroatoms. The number of amides is 2. The average molecular weight is 503 g/mol. The first-order valence-corrected chi connectivity index (χ1v) is 13.0. The largest absolute Gasteiger partial charge is 0.444 e. The number of ether oxygens (including phenoxy) is 1. The average Bonchev–Trinajstić information content (AvgIpc) is 3.57. The predicted molar refractivity (Wildman–Crippen MR) is 139 cm³/mol. The van der Waals surface area contributed by atoms with Crippen molar-refractivity contribution < 1.29 is 14.3 Å². The molecule has 2 aromatic heterocycles. The second-order valence-corrected chi connectivity index (χ2v) is 10.8. The van der Waals surface area contributed by atoms with Crippen LogP contribution in [0, 0.1) is 0 Å². The lowest BCUT2D eigenvalue weighted by Gasteiger charge is -2.34. The topological polar surface area (TPSA) is 93.5 Å². The van der Waals surface area contributed by atoms with Crippen LogP contribution in [-0.4, -0.2) is 73.3 Å². The van der Waals surface area contributed by atoms with Crippen LogP contribution in [0.25, 0.3) is 5.95 Å². The van der Waals surface area contributed by atoms with Crippen molar-refractivity contribution in [1.82, 2.24) is 29.5 Å². The van der Waals surface area contributed by atoms with Crippen molar-refractivity contribution in [1.29, 1.82) is 0 Å². The standard InChI is InChI=1S/C28H34N6O3/c1-28(2,3)37-27(36)32-15-10-21(11-16-32)24-23(18-31-34(24)26-29-13-7-14-30-26)25(35)33-17-12-22(19-33)20-8-5-4-6-9-20/h4-9,13-14,18,21-22H,10-12,15-17,19H2,1-3H3/t22-/m0/s1. The Morgan fingerprint density at radius 3 is 2.22 bits per heavy atom. The molecular weight excluding hydrogens is 468 g/mol. The van der Waals surface area contributed by atoms with Crippen LogP contribution < -0.4 is 0 Å². The van der Waals surface area contributed by atoms with Crippen LogP contribution in [-0.2, 0) is 4.74 Å². The Labute approximate surface area is 217 Å². The first kappa shape index (κ1) is 24.9. The second-order valence-electron chi connectivity index (χ2n) is 10.8. The molecule has 37 heavy (non-hydrogen) atoms. The molecule has 0 unspecified atom stereocenters. The minimum Gasteiger partial charge on any atom is -0.444 e. The molecule has 2 aliphatic heterocycles. The molecule has 2 saturated heterocycles. The Bertz CT molecular complexity index is 1230. The SMILES string of the molecule is CC(C)(C)OC(=O)N1CCC(c2c(C(=O)N3CC[C@H](c4ccccc4)C3)cnn2-c2ncccn2)CC1. The first-order chi connectivity index (χ1) is 17.8. The van der Waals surface area contributed by atoms with E-state index < -0.39 is 5.60 Å². The summed E-state index contributed by atoms with van der Waals surface area (Å²) in [6, 6.07) is 12.1. The van der Waals surface area contributed by atoms with Gasteiger partial charge in [0.05, 0.1) is 17.5 Å². The van der Waals surface area contributed by atoms with E-state index in [4.69, 9.17) is 4.74 Å². The number of aromatic nitrogens is 4. The van der Waals surface area contributed by atoms with Crippen molar-refractivity contribution >= 4 is 12.0 Å². The number of hydrogen-bond acceptors (Lipinski definition) is 6. The molecule has 0 radical (unpaired) electrons. The van der Waals surface area contributed by atoms with E-state index in [0.29, 0.717) is 56.5 Å². The highest BCUT2D eigenvalue weighted by Crippen LogP contribution is 2.34. The monoisotopic (exact) mass is 502 g/mol. The van der Waals surface area contributed by atoms with E-state index in [0.717, 1.165) is 12.1 Å². The van der Waals surface area contributed by atoms with Crippen molar-refractivity contribution in [3.63, 3.8) is 0 Å². The van der Waals surface area contributed by atoms with Crippen LogP contribution in [0.4, 0.5) is 4.79 Å². The molecule has 0 saturated carbocycles. The van der Waals surface area contributed by atoms with E-state index in [9.17, 15) is 9.59 Å². The lowest BCUT2D eigenvalue weighted by atomic mass is 9.91. The van der Waals surface area contributed by atoms with Gasteiger partial charge in [0.2, 0.25) is 0 Å². The summed E-state index contributed by atoms with van der Waals surface area (Å²) in [5, 5.41) is 4.57. The highest BCUT2D eigenvalue weighted by atomic mass is 16.6. The summed E-state index contributed by atoms with van der Waals surface area (Å²) in [6.45, 7) is 8.11. The number of benzene rings is 1. The fourth-order valence-electron chi connectivity index (χ4n) is 5.25. The molecule has 1 atom stereocenters. The molecule has 4 heterocycles. The van der Waals surface area contributed by atoms with Gasteiger partial charge in [-0.15, -0.1) is 0 Å². The summed E-state index contributed by atoms with van der Waals surface area (Å²) in [4.78, 5) is 38.9. The highest BCUT2D eigenvalue weighted by molar-refractivity contribution is 5.95. The Hall–Kier alpha value is -3.75. The van der Waals surface area contributed by atoms with Crippen LogP contribution in [0.2, 0.25) is 0 Å². The zero-order chi connectivity index (χ0) is 26.0. The summed E-state index contributed by atoms with van der Waals surface area (Å²) in [7, 11) is 0. The Morgan fingerprint density at radius 2 is 1.54 bits per heavy atom. The summed E-state index contributed by atoms with van der Waals surface area (Å²) < 4.78 is 7.26. The Morgan fingerprint density at radius 1 is 0.892 bits per heavy atom. The van der Waals surface area contributed by atoms with Gasteiger partial charge in [-0.25, -0.2) is 19.4 Å². The van der Waals surface area contributed by atoms with Crippen LogP contribution in [0.5, 0.6) is 0 Å². The zero-order valence-electron chi connectivity index (χ0n) is 21.7. The molecule has 0 bridgehead atoms. The smallest absolute Gasteiger partial charge is 0.410 e. The third-order valence-electron chi connectivity index (χ3n) is 7.06. The lowest BCUT2D eigenvalue weighted by Crippen LogP contribution is -2.41. The van der Waals surface area contributed by atoms with E-state index in [1.807, 2.05) is 43.9 Å².